The minimum absolute atomic E-state index is 0.0310. The number of nitrogens with zero attached hydrogens (tertiary/aromatic N) is 2. The zero-order chi connectivity index (χ0) is 19.8. The molecule has 0 aliphatic carbocycles. The minimum Gasteiger partial charge on any atom is -0.370 e. The average molecular weight is 401 g/mol. The van der Waals surface area contributed by atoms with E-state index < -0.39 is 0 Å². The van der Waals surface area contributed by atoms with Crippen molar-refractivity contribution >= 4 is 34.5 Å². The third kappa shape index (κ3) is 3.22. The van der Waals surface area contributed by atoms with Gasteiger partial charge in [-0.15, -0.1) is 0 Å². The Bertz CT molecular complexity index is 1110. The summed E-state index contributed by atoms with van der Waals surface area (Å²) in [6.07, 6.45) is 1.99. The van der Waals surface area contributed by atoms with Gasteiger partial charge in [-0.1, -0.05) is 66.2 Å². The molecule has 1 amide bonds. The summed E-state index contributed by atoms with van der Waals surface area (Å²) in [5.74, 6) is 0.0310. The first-order chi connectivity index (χ1) is 14.2. The molecule has 0 bridgehead atoms. The van der Waals surface area contributed by atoms with Gasteiger partial charge < -0.3 is 4.90 Å². The summed E-state index contributed by atoms with van der Waals surface area (Å²) in [7, 11) is 0. The van der Waals surface area contributed by atoms with Gasteiger partial charge in [0, 0.05) is 29.4 Å². The van der Waals surface area contributed by atoms with Gasteiger partial charge in [-0.3, -0.25) is 9.69 Å². The molecule has 5 rings (SSSR count). The molecule has 0 unspecified atom stereocenters. The number of fused-ring (bicyclic) bond motifs is 1. The van der Waals surface area contributed by atoms with E-state index in [1.54, 1.807) is 4.90 Å². The summed E-state index contributed by atoms with van der Waals surface area (Å²) >= 11 is 6.22. The standard InChI is InChI=1S/C25H21ClN2O/c26-19-10-6-11-20(16-19)28-22-13-5-4-12-21(22)24(25(28)29)23-14-7-15-27(23)17-18-8-2-1-3-9-18/h1-6,8-13,16H,7,14-15,17H2. The first kappa shape index (κ1) is 18.0. The fraction of sp³-hybridized carbons (Fsp3) is 0.160. The van der Waals surface area contributed by atoms with Crippen LogP contribution in [0, 0.1) is 0 Å². The number of hydrogen-bond donors (Lipinski definition) is 0. The molecule has 0 radical (unpaired) electrons. The molecule has 2 aliphatic heterocycles. The zero-order valence-corrected chi connectivity index (χ0v) is 16.8. The van der Waals surface area contributed by atoms with Crippen molar-refractivity contribution in [3.63, 3.8) is 0 Å². The summed E-state index contributed by atoms with van der Waals surface area (Å²) in [4.78, 5) is 17.8. The molecule has 2 heterocycles. The van der Waals surface area contributed by atoms with E-state index in [0.717, 1.165) is 54.1 Å². The maximum atomic E-state index is 13.7. The molecule has 0 N–H and O–H groups in total. The molecule has 4 heteroatoms. The van der Waals surface area contributed by atoms with Crippen LogP contribution in [0.3, 0.4) is 0 Å². The van der Waals surface area contributed by atoms with Crippen molar-refractivity contribution in [3.05, 3.63) is 101 Å². The molecule has 0 saturated carbocycles. The number of rotatable bonds is 3. The number of amides is 1. The van der Waals surface area contributed by atoms with E-state index in [2.05, 4.69) is 35.2 Å². The monoisotopic (exact) mass is 400 g/mol. The third-order valence-corrected chi connectivity index (χ3v) is 5.86. The van der Waals surface area contributed by atoms with Crippen LogP contribution in [-0.2, 0) is 11.3 Å². The van der Waals surface area contributed by atoms with Crippen LogP contribution in [0.1, 0.15) is 24.0 Å². The Morgan fingerprint density at radius 2 is 1.69 bits per heavy atom. The van der Waals surface area contributed by atoms with Crippen molar-refractivity contribution in [2.24, 2.45) is 0 Å². The zero-order valence-electron chi connectivity index (χ0n) is 16.0. The van der Waals surface area contributed by atoms with Crippen molar-refractivity contribution in [3.8, 4) is 0 Å². The lowest BCUT2D eigenvalue weighted by Crippen LogP contribution is -2.24. The Balaban J connectivity index is 1.60. The summed E-state index contributed by atoms with van der Waals surface area (Å²) in [5, 5.41) is 0.625. The summed E-state index contributed by atoms with van der Waals surface area (Å²) in [5.41, 5.74) is 5.97. The Morgan fingerprint density at radius 3 is 2.52 bits per heavy atom. The highest BCUT2D eigenvalue weighted by Gasteiger charge is 2.37. The maximum Gasteiger partial charge on any atom is 0.265 e. The van der Waals surface area contributed by atoms with Crippen LogP contribution in [0.15, 0.2) is 84.6 Å². The van der Waals surface area contributed by atoms with E-state index >= 15 is 0 Å². The number of carbonyl (C=O) groups is 1. The number of benzene rings is 3. The largest absolute Gasteiger partial charge is 0.370 e. The minimum atomic E-state index is 0.0310. The van der Waals surface area contributed by atoms with Crippen LogP contribution >= 0.6 is 11.6 Å². The Morgan fingerprint density at radius 1 is 0.897 bits per heavy atom. The van der Waals surface area contributed by atoms with E-state index in [9.17, 15) is 4.79 Å². The second-order valence-corrected chi connectivity index (χ2v) is 7.91. The maximum absolute atomic E-state index is 13.7. The highest BCUT2D eigenvalue weighted by molar-refractivity contribution is 6.36. The first-order valence-corrected chi connectivity index (χ1v) is 10.3. The molecular formula is C25H21ClN2O. The number of para-hydroxylation sites is 1. The van der Waals surface area contributed by atoms with Crippen LogP contribution in [0.2, 0.25) is 5.02 Å². The van der Waals surface area contributed by atoms with Crippen LogP contribution < -0.4 is 4.90 Å². The molecule has 1 saturated heterocycles. The molecule has 1 fully saturated rings. The number of anilines is 2. The van der Waals surface area contributed by atoms with Gasteiger partial charge in [-0.2, -0.15) is 0 Å². The van der Waals surface area contributed by atoms with Gasteiger partial charge in [0.15, 0.2) is 0 Å². The van der Waals surface area contributed by atoms with Crippen molar-refractivity contribution in [1.29, 1.82) is 0 Å². The van der Waals surface area contributed by atoms with Crippen molar-refractivity contribution < 1.29 is 4.79 Å². The molecule has 0 aromatic heterocycles. The van der Waals surface area contributed by atoms with Gasteiger partial charge >= 0.3 is 0 Å². The highest BCUT2D eigenvalue weighted by Crippen LogP contribution is 2.45. The average Bonchev–Trinajstić information content (AvgIpc) is 3.29. The predicted molar refractivity (Wildman–Crippen MR) is 118 cm³/mol. The van der Waals surface area contributed by atoms with E-state index in [-0.39, 0.29) is 5.91 Å². The first-order valence-electron chi connectivity index (χ1n) is 9.94. The van der Waals surface area contributed by atoms with E-state index in [4.69, 9.17) is 11.6 Å². The molecule has 3 nitrogen and oxygen atoms in total. The number of carbonyl (C=O) groups excluding carboxylic acids is 1. The number of likely N-dealkylation sites (tertiary alicyclic amines) is 1. The van der Waals surface area contributed by atoms with Crippen LogP contribution in [0.5, 0.6) is 0 Å². The van der Waals surface area contributed by atoms with Crippen LogP contribution in [-0.4, -0.2) is 17.4 Å². The lowest BCUT2D eigenvalue weighted by atomic mass is 10.0. The van der Waals surface area contributed by atoms with Crippen molar-refractivity contribution in [2.45, 2.75) is 19.4 Å². The van der Waals surface area contributed by atoms with E-state index in [1.165, 1.54) is 5.56 Å². The van der Waals surface area contributed by atoms with Gasteiger partial charge in [-0.05, 0) is 42.7 Å². The number of allylic oxidation sites excluding steroid dienone is 1. The molecular weight excluding hydrogens is 380 g/mol. The lowest BCUT2D eigenvalue weighted by Gasteiger charge is -2.22. The van der Waals surface area contributed by atoms with Crippen LogP contribution in [0.4, 0.5) is 11.4 Å². The highest BCUT2D eigenvalue weighted by atomic mass is 35.5. The summed E-state index contributed by atoms with van der Waals surface area (Å²) in [6, 6.07) is 26.0. The summed E-state index contributed by atoms with van der Waals surface area (Å²) in [6.45, 7) is 1.80. The van der Waals surface area contributed by atoms with Crippen molar-refractivity contribution in [2.75, 3.05) is 11.4 Å². The second-order valence-electron chi connectivity index (χ2n) is 7.47. The third-order valence-electron chi connectivity index (χ3n) is 5.63. The SMILES string of the molecule is O=C1C(=C2CCCN2Cc2ccccc2)c2ccccc2N1c1cccc(Cl)c1. The van der Waals surface area contributed by atoms with Gasteiger partial charge in [0.25, 0.3) is 5.91 Å². The molecule has 2 aliphatic rings. The van der Waals surface area contributed by atoms with Gasteiger partial charge in [0.05, 0.1) is 16.9 Å². The Hall–Kier alpha value is -3.04. The van der Waals surface area contributed by atoms with E-state index in [1.807, 2.05) is 48.5 Å². The molecule has 0 atom stereocenters. The van der Waals surface area contributed by atoms with Gasteiger partial charge in [-0.25, -0.2) is 0 Å². The smallest absolute Gasteiger partial charge is 0.265 e. The topological polar surface area (TPSA) is 23.6 Å². The second kappa shape index (κ2) is 7.41. The number of halogens is 1. The quantitative estimate of drug-likeness (QED) is 0.501. The fourth-order valence-corrected chi connectivity index (χ4v) is 4.54. The lowest BCUT2D eigenvalue weighted by molar-refractivity contribution is -0.112. The fourth-order valence-electron chi connectivity index (χ4n) is 4.36. The number of hydrogen-bond acceptors (Lipinski definition) is 2. The molecule has 29 heavy (non-hydrogen) atoms. The van der Waals surface area contributed by atoms with E-state index in [0.29, 0.717) is 5.02 Å². The molecule has 3 aromatic carbocycles. The Kier molecular flexibility index (Phi) is 4.61. The Labute approximate surface area is 175 Å². The normalized spacial score (nSPS) is 18.4. The molecule has 0 spiro atoms. The predicted octanol–water partition coefficient (Wildman–Crippen LogP) is 6.03. The van der Waals surface area contributed by atoms with Crippen molar-refractivity contribution in [1.82, 2.24) is 4.90 Å². The van der Waals surface area contributed by atoms with Gasteiger partial charge in [0.1, 0.15) is 0 Å². The van der Waals surface area contributed by atoms with Crippen LogP contribution in [0.25, 0.3) is 5.57 Å². The summed E-state index contributed by atoms with van der Waals surface area (Å²) < 4.78 is 0. The molecule has 144 valence electrons. The van der Waals surface area contributed by atoms with Gasteiger partial charge in [0.2, 0.25) is 0 Å². The molecule has 3 aromatic rings.